The van der Waals surface area contributed by atoms with Gasteiger partial charge in [-0.2, -0.15) is 0 Å². The van der Waals surface area contributed by atoms with Gasteiger partial charge in [0.1, 0.15) is 11.2 Å². The van der Waals surface area contributed by atoms with Gasteiger partial charge in [0.2, 0.25) is 0 Å². The van der Waals surface area contributed by atoms with Gasteiger partial charge in [0.05, 0.1) is 0 Å². The number of hydrogen-bond acceptors (Lipinski definition) is 2. The standard InChI is InChI=1S/C54H35NO/c1-2-12-36(13-3-1)39-15-10-17-44(32-39)55(45-18-11-16-41(33-45)50-35-42-14-4-5-19-46(42)47-20-6-7-21-48(47)50)43-29-26-37(27-30-43)40-25-24-38-28-31-53-54(51(38)34-40)49-22-8-9-23-52(49)56-53/h1-35H. The zero-order valence-corrected chi connectivity index (χ0v) is 30.6. The second-order valence-corrected chi connectivity index (χ2v) is 14.5. The summed E-state index contributed by atoms with van der Waals surface area (Å²) in [5.74, 6) is 0. The van der Waals surface area contributed by atoms with E-state index < -0.39 is 0 Å². The third-order valence-electron chi connectivity index (χ3n) is 11.2. The van der Waals surface area contributed by atoms with E-state index in [1.165, 1.54) is 65.5 Å². The van der Waals surface area contributed by atoms with Gasteiger partial charge in [-0.25, -0.2) is 0 Å². The largest absolute Gasteiger partial charge is 0.456 e. The van der Waals surface area contributed by atoms with E-state index in [4.69, 9.17) is 4.42 Å². The minimum absolute atomic E-state index is 0.915. The van der Waals surface area contributed by atoms with Crippen molar-refractivity contribution >= 4 is 71.3 Å². The molecule has 0 aliphatic heterocycles. The molecule has 0 unspecified atom stereocenters. The molecule has 10 aromatic carbocycles. The van der Waals surface area contributed by atoms with E-state index in [1.54, 1.807) is 0 Å². The molecular weight excluding hydrogens is 679 g/mol. The molecule has 0 aliphatic carbocycles. The Hall–Kier alpha value is -7.42. The first-order valence-electron chi connectivity index (χ1n) is 19.2. The fourth-order valence-corrected chi connectivity index (χ4v) is 8.53. The number of anilines is 3. The summed E-state index contributed by atoms with van der Waals surface area (Å²) in [6, 6.07) is 76.6. The van der Waals surface area contributed by atoms with E-state index in [0.717, 1.165) is 39.2 Å². The lowest BCUT2D eigenvalue weighted by Crippen LogP contribution is -2.10. The third-order valence-corrected chi connectivity index (χ3v) is 11.2. The lowest BCUT2D eigenvalue weighted by molar-refractivity contribution is 0.669. The Kier molecular flexibility index (Phi) is 7.53. The molecule has 0 fully saturated rings. The van der Waals surface area contributed by atoms with Crippen LogP contribution in [-0.2, 0) is 0 Å². The number of para-hydroxylation sites is 1. The molecule has 1 heterocycles. The minimum atomic E-state index is 0.915. The van der Waals surface area contributed by atoms with E-state index in [1.807, 2.05) is 12.1 Å². The number of rotatable bonds is 6. The summed E-state index contributed by atoms with van der Waals surface area (Å²) < 4.78 is 6.24. The second kappa shape index (κ2) is 13.2. The summed E-state index contributed by atoms with van der Waals surface area (Å²) in [5, 5.41) is 9.75. The predicted molar refractivity (Wildman–Crippen MR) is 237 cm³/mol. The van der Waals surface area contributed by atoms with E-state index >= 15 is 0 Å². The highest BCUT2D eigenvalue weighted by Gasteiger charge is 2.17. The zero-order chi connectivity index (χ0) is 37.0. The maximum Gasteiger partial charge on any atom is 0.136 e. The molecule has 0 bridgehead atoms. The highest BCUT2D eigenvalue weighted by atomic mass is 16.3. The molecule has 0 aliphatic rings. The van der Waals surface area contributed by atoms with Crippen molar-refractivity contribution in [2.24, 2.45) is 0 Å². The van der Waals surface area contributed by atoms with Crippen LogP contribution in [-0.4, -0.2) is 0 Å². The smallest absolute Gasteiger partial charge is 0.136 e. The van der Waals surface area contributed by atoms with Crippen molar-refractivity contribution in [2.75, 3.05) is 4.90 Å². The van der Waals surface area contributed by atoms with Crippen molar-refractivity contribution in [2.45, 2.75) is 0 Å². The first-order chi connectivity index (χ1) is 27.7. The molecule has 2 nitrogen and oxygen atoms in total. The van der Waals surface area contributed by atoms with Crippen LogP contribution in [0.15, 0.2) is 217 Å². The lowest BCUT2D eigenvalue weighted by Gasteiger charge is -2.27. The topological polar surface area (TPSA) is 16.4 Å². The molecular formula is C54H35NO. The maximum atomic E-state index is 6.24. The summed E-state index contributed by atoms with van der Waals surface area (Å²) >= 11 is 0. The predicted octanol–water partition coefficient (Wildman–Crippen LogP) is 15.5. The minimum Gasteiger partial charge on any atom is -0.456 e. The van der Waals surface area contributed by atoms with Crippen molar-refractivity contribution < 1.29 is 4.42 Å². The quantitative estimate of drug-likeness (QED) is 0.160. The summed E-state index contributed by atoms with van der Waals surface area (Å²) in [6.45, 7) is 0. The fourth-order valence-electron chi connectivity index (χ4n) is 8.53. The normalized spacial score (nSPS) is 11.6. The van der Waals surface area contributed by atoms with Crippen LogP contribution in [0.5, 0.6) is 0 Å². The molecule has 2 heteroatoms. The van der Waals surface area contributed by atoms with Crippen LogP contribution >= 0.6 is 0 Å². The Morgan fingerprint density at radius 1 is 0.286 bits per heavy atom. The molecule has 0 N–H and O–H groups in total. The Morgan fingerprint density at radius 3 is 1.70 bits per heavy atom. The van der Waals surface area contributed by atoms with Crippen LogP contribution in [0.1, 0.15) is 0 Å². The zero-order valence-electron chi connectivity index (χ0n) is 30.6. The highest BCUT2D eigenvalue weighted by Crippen LogP contribution is 2.42. The molecule has 0 radical (unpaired) electrons. The molecule has 11 rings (SSSR count). The molecule has 56 heavy (non-hydrogen) atoms. The van der Waals surface area contributed by atoms with Crippen LogP contribution in [0, 0.1) is 0 Å². The molecule has 0 amide bonds. The van der Waals surface area contributed by atoms with Gasteiger partial charge < -0.3 is 9.32 Å². The summed E-state index contributed by atoms with van der Waals surface area (Å²) in [5.41, 5.74) is 12.2. The van der Waals surface area contributed by atoms with Crippen molar-refractivity contribution in [3.8, 4) is 33.4 Å². The van der Waals surface area contributed by atoms with Gasteiger partial charge in [-0.05, 0) is 126 Å². The summed E-state index contributed by atoms with van der Waals surface area (Å²) in [7, 11) is 0. The number of benzene rings is 10. The van der Waals surface area contributed by atoms with Crippen molar-refractivity contribution in [1.82, 2.24) is 0 Å². The van der Waals surface area contributed by atoms with Gasteiger partial charge in [0.25, 0.3) is 0 Å². The number of fused-ring (bicyclic) bond motifs is 8. The first-order valence-corrected chi connectivity index (χ1v) is 19.2. The van der Waals surface area contributed by atoms with E-state index in [9.17, 15) is 0 Å². The van der Waals surface area contributed by atoms with Crippen LogP contribution < -0.4 is 4.90 Å². The Bertz CT molecular complexity index is 3250. The SMILES string of the molecule is c1ccc(-c2cccc(N(c3ccc(-c4ccc5ccc6oc7ccccc7c6c5c4)cc3)c3cccc(-c4cc5ccccc5c5ccccc45)c3)c2)cc1. The molecule has 0 atom stereocenters. The van der Waals surface area contributed by atoms with Gasteiger partial charge in [-0.1, -0.05) is 152 Å². The highest BCUT2D eigenvalue weighted by molar-refractivity contribution is 6.19. The van der Waals surface area contributed by atoms with Gasteiger partial charge in [0, 0.05) is 27.8 Å². The molecule has 262 valence electrons. The average molecular weight is 714 g/mol. The lowest BCUT2D eigenvalue weighted by atomic mass is 9.93. The van der Waals surface area contributed by atoms with Crippen LogP contribution in [0.25, 0.3) is 87.6 Å². The van der Waals surface area contributed by atoms with Crippen molar-refractivity contribution in [3.05, 3.63) is 212 Å². The number of nitrogens with zero attached hydrogens (tertiary/aromatic N) is 1. The van der Waals surface area contributed by atoms with Gasteiger partial charge in [-0.15, -0.1) is 0 Å². The third kappa shape index (κ3) is 5.42. The fraction of sp³-hybridized carbons (Fsp3) is 0. The average Bonchev–Trinajstić information content (AvgIpc) is 3.66. The second-order valence-electron chi connectivity index (χ2n) is 14.5. The first kappa shape index (κ1) is 32.0. The van der Waals surface area contributed by atoms with E-state index in [0.29, 0.717) is 0 Å². The Balaban J connectivity index is 1.05. The monoisotopic (exact) mass is 713 g/mol. The Morgan fingerprint density at radius 2 is 0.875 bits per heavy atom. The van der Waals surface area contributed by atoms with Crippen molar-refractivity contribution in [3.63, 3.8) is 0 Å². The molecule has 1 aromatic heterocycles. The maximum absolute atomic E-state index is 6.24. The van der Waals surface area contributed by atoms with Gasteiger partial charge >= 0.3 is 0 Å². The Labute approximate surface area is 325 Å². The molecule has 0 spiro atoms. The van der Waals surface area contributed by atoms with E-state index in [2.05, 4.69) is 205 Å². The molecule has 0 saturated carbocycles. The molecule has 11 aromatic rings. The summed E-state index contributed by atoms with van der Waals surface area (Å²) in [6.07, 6.45) is 0. The summed E-state index contributed by atoms with van der Waals surface area (Å²) in [4.78, 5) is 2.38. The molecule has 0 saturated heterocycles. The van der Waals surface area contributed by atoms with Gasteiger partial charge in [-0.3, -0.25) is 0 Å². The number of hydrogen-bond donors (Lipinski definition) is 0. The van der Waals surface area contributed by atoms with Crippen LogP contribution in [0.4, 0.5) is 17.1 Å². The van der Waals surface area contributed by atoms with Gasteiger partial charge in [0.15, 0.2) is 0 Å². The number of furan rings is 1. The van der Waals surface area contributed by atoms with Crippen molar-refractivity contribution in [1.29, 1.82) is 0 Å². The van der Waals surface area contributed by atoms with Crippen LogP contribution in [0.2, 0.25) is 0 Å². The van der Waals surface area contributed by atoms with Crippen LogP contribution in [0.3, 0.4) is 0 Å². The van der Waals surface area contributed by atoms with E-state index in [-0.39, 0.29) is 0 Å².